The van der Waals surface area contributed by atoms with Crippen LogP contribution >= 0.6 is 0 Å². The van der Waals surface area contributed by atoms with Gasteiger partial charge >= 0.3 is 12.1 Å². The van der Waals surface area contributed by atoms with Crippen LogP contribution in [-0.2, 0) is 12.7 Å². The minimum atomic E-state index is -4.82. The third kappa shape index (κ3) is 2.55. The van der Waals surface area contributed by atoms with Crippen LogP contribution in [0.2, 0.25) is 0 Å². The van der Waals surface area contributed by atoms with E-state index in [9.17, 15) is 22.0 Å². The van der Waals surface area contributed by atoms with Gasteiger partial charge in [-0.3, -0.25) is 0 Å². The van der Waals surface area contributed by atoms with Crippen LogP contribution in [0.1, 0.15) is 11.5 Å². The molecule has 0 bridgehead atoms. The summed E-state index contributed by atoms with van der Waals surface area (Å²) in [6.07, 6.45) is -4.82. The summed E-state index contributed by atoms with van der Waals surface area (Å²) in [5.41, 5.74) is 4.48. The Morgan fingerprint density at radius 1 is 1.16 bits per heavy atom. The van der Waals surface area contributed by atoms with E-state index in [-0.39, 0.29) is 17.7 Å². The van der Waals surface area contributed by atoms with Crippen LogP contribution in [0.3, 0.4) is 0 Å². The Bertz CT molecular complexity index is 584. The zero-order valence-electron chi connectivity index (χ0n) is 9.13. The van der Waals surface area contributed by atoms with E-state index in [2.05, 4.69) is 14.7 Å². The van der Waals surface area contributed by atoms with Crippen molar-refractivity contribution in [3.05, 3.63) is 35.2 Å². The average molecular weight is 279 g/mol. The van der Waals surface area contributed by atoms with Crippen LogP contribution in [0.25, 0.3) is 11.4 Å². The predicted octanol–water partition coefficient (Wildman–Crippen LogP) is 2.49. The Morgan fingerprint density at radius 3 is 2.16 bits per heavy atom. The number of nitrogens with two attached hydrogens (primary N) is 1. The molecule has 0 saturated carbocycles. The topological polar surface area (TPSA) is 64.9 Å². The van der Waals surface area contributed by atoms with Gasteiger partial charge in [-0.15, -0.1) is 0 Å². The molecule has 0 spiro atoms. The molecule has 0 aliphatic heterocycles. The smallest absolute Gasteiger partial charge is 0.329 e. The third-order valence-electron chi connectivity index (χ3n) is 2.27. The molecule has 0 radical (unpaired) electrons. The molecule has 102 valence electrons. The number of benzene rings is 1. The summed E-state index contributed by atoms with van der Waals surface area (Å²) in [7, 11) is 0. The Hall–Kier alpha value is -2.03. The molecule has 0 aliphatic carbocycles. The number of alkyl halides is 3. The summed E-state index contributed by atoms with van der Waals surface area (Å²) < 4.78 is 67.5. The van der Waals surface area contributed by atoms with Gasteiger partial charge < -0.3 is 10.3 Å². The first-order valence-electron chi connectivity index (χ1n) is 4.92. The molecule has 0 aliphatic rings. The molecule has 9 heteroatoms. The fourth-order valence-electron chi connectivity index (χ4n) is 1.38. The van der Waals surface area contributed by atoms with Crippen LogP contribution < -0.4 is 5.73 Å². The highest BCUT2D eigenvalue weighted by molar-refractivity contribution is 5.55. The molecule has 1 heterocycles. The molecule has 1 aromatic heterocycles. The van der Waals surface area contributed by atoms with Crippen molar-refractivity contribution in [2.24, 2.45) is 5.73 Å². The van der Waals surface area contributed by atoms with Crippen molar-refractivity contribution in [2.75, 3.05) is 0 Å². The van der Waals surface area contributed by atoms with E-state index in [1.54, 1.807) is 0 Å². The number of aromatic nitrogens is 2. The Morgan fingerprint density at radius 2 is 1.74 bits per heavy atom. The van der Waals surface area contributed by atoms with Gasteiger partial charge in [0.1, 0.15) is 11.6 Å². The van der Waals surface area contributed by atoms with Crippen LogP contribution in [0.4, 0.5) is 22.0 Å². The number of rotatable bonds is 2. The van der Waals surface area contributed by atoms with Gasteiger partial charge in [0, 0.05) is 17.7 Å². The van der Waals surface area contributed by atoms with Crippen molar-refractivity contribution in [1.29, 1.82) is 0 Å². The molecule has 0 atom stereocenters. The monoisotopic (exact) mass is 279 g/mol. The molecule has 2 rings (SSSR count). The van der Waals surface area contributed by atoms with E-state index in [1.807, 2.05) is 0 Å². The minimum absolute atomic E-state index is 0.272. The van der Waals surface area contributed by atoms with Gasteiger partial charge in [0.05, 0.1) is 0 Å². The summed E-state index contributed by atoms with van der Waals surface area (Å²) in [6, 6.07) is 1.58. The molecule has 19 heavy (non-hydrogen) atoms. The summed E-state index contributed by atoms with van der Waals surface area (Å²) in [6.45, 7) is -0.377. The number of halogens is 5. The molecule has 1 aromatic carbocycles. The fraction of sp³-hybridized carbons (Fsp3) is 0.200. The highest BCUT2D eigenvalue weighted by Crippen LogP contribution is 2.30. The van der Waals surface area contributed by atoms with Crippen molar-refractivity contribution < 1.29 is 26.5 Å². The zero-order chi connectivity index (χ0) is 14.2. The van der Waals surface area contributed by atoms with E-state index < -0.39 is 29.5 Å². The van der Waals surface area contributed by atoms with E-state index in [4.69, 9.17) is 5.73 Å². The fourth-order valence-corrected chi connectivity index (χ4v) is 1.38. The SMILES string of the molecule is NCc1c(F)cc(-c2noc(C(F)(F)F)n2)cc1F. The molecule has 0 amide bonds. The van der Waals surface area contributed by atoms with Crippen molar-refractivity contribution in [3.8, 4) is 11.4 Å². The second-order valence-electron chi connectivity index (χ2n) is 3.54. The number of hydrogen-bond donors (Lipinski definition) is 1. The van der Waals surface area contributed by atoms with E-state index >= 15 is 0 Å². The van der Waals surface area contributed by atoms with Gasteiger partial charge in [0.25, 0.3) is 0 Å². The van der Waals surface area contributed by atoms with Crippen LogP contribution in [0, 0.1) is 11.6 Å². The molecule has 4 nitrogen and oxygen atoms in total. The van der Waals surface area contributed by atoms with Crippen molar-refractivity contribution in [3.63, 3.8) is 0 Å². The lowest BCUT2D eigenvalue weighted by molar-refractivity contribution is -0.159. The third-order valence-corrected chi connectivity index (χ3v) is 2.27. The van der Waals surface area contributed by atoms with Crippen LogP contribution in [0.15, 0.2) is 16.7 Å². The quantitative estimate of drug-likeness (QED) is 0.858. The molecule has 2 N–H and O–H groups in total. The lowest BCUT2D eigenvalue weighted by Crippen LogP contribution is -2.05. The van der Waals surface area contributed by atoms with Gasteiger partial charge in [-0.1, -0.05) is 5.16 Å². The Labute approximate surface area is 103 Å². The molecule has 0 fully saturated rings. The minimum Gasteiger partial charge on any atom is -0.329 e. The summed E-state index contributed by atoms with van der Waals surface area (Å²) in [5.74, 6) is -4.13. The number of hydrogen-bond acceptors (Lipinski definition) is 4. The Balaban J connectivity index is 2.46. The van der Waals surface area contributed by atoms with Crippen LogP contribution in [-0.4, -0.2) is 10.1 Å². The lowest BCUT2D eigenvalue weighted by atomic mass is 10.1. The van der Waals surface area contributed by atoms with Gasteiger partial charge in [-0.05, 0) is 12.1 Å². The summed E-state index contributed by atoms with van der Waals surface area (Å²) in [5, 5.41) is 3.02. The predicted molar refractivity (Wildman–Crippen MR) is 52.5 cm³/mol. The van der Waals surface area contributed by atoms with Crippen LogP contribution in [0.5, 0.6) is 0 Å². The summed E-state index contributed by atoms with van der Waals surface area (Å²) in [4.78, 5) is 3.02. The van der Waals surface area contributed by atoms with Crippen molar-refractivity contribution >= 4 is 0 Å². The Kier molecular flexibility index (Phi) is 3.23. The van der Waals surface area contributed by atoms with E-state index in [0.29, 0.717) is 0 Å². The van der Waals surface area contributed by atoms with Crippen molar-refractivity contribution in [1.82, 2.24) is 10.1 Å². The van der Waals surface area contributed by atoms with Gasteiger partial charge in [0.2, 0.25) is 5.82 Å². The van der Waals surface area contributed by atoms with E-state index in [0.717, 1.165) is 12.1 Å². The molecular weight excluding hydrogens is 273 g/mol. The molecule has 0 saturated heterocycles. The van der Waals surface area contributed by atoms with Gasteiger partial charge in [-0.25, -0.2) is 8.78 Å². The second kappa shape index (κ2) is 4.57. The summed E-state index contributed by atoms with van der Waals surface area (Å²) >= 11 is 0. The standard InChI is InChI=1S/C10H6F5N3O/c11-6-1-4(2-7(12)5(6)3-16)8-17-9(19-18-8)10(13,14)15/h1-2H,3,16H2. The molecule has 2 aromatic rings. The first-order chi connectivity index (χ1) is 8.82. The zero-order valence-corrected chi connectivity index (χ0v) is 9.13. The van der Waals surface area contributed by atoms with Gasteiger partial charge in [0.15, 0.2) is 0 Å². The highest BCUT2D eigenvalue weighted by Gasteiger charge is 2.38. The first-order valence-corrected chi connectivity index (χ1v) is 4.92. The molecular formula is C10H6F5N3O. The largest absolute Gasteiger partial charge is 0.471 e. The molecule has 0 unspecified atom stereocenters. The number of nitrogens with zero attached hydrogens (tertiary/aromatic N) is 2. The normalized spacial score (nSPS) is 11.9. The maximum atomic E-state index is 13.4. The lowest BCUT2D eigenvalue weighted by Gasteiger charge is -2.03. The second-order valence-corrected chi connectivity index (χ2v) is 3.54. The van der Waals surface area contributed by atoms with Gasteiger partial charge in [-0.2, -0.15) is 18.2 Å². The highest BCUT2D eigenvalue weighted by atomic mass is 19.4. The first kappa shape index (κ1) is 13.4. The van der Waals surface area contributed by atoms with E-state index in [1.165, 1.54) is 0 Å². The average Bonchev–Trinajstić information content (AvgIpc) is 2.77. The maximum absolute atomic E-state index is 13.4. The maximum Gasteiger partial charge on any atom is 0.471 e. The van der Waals surface area contributed by atoms with Crippen molar-refractivity contribution in [2.45, 2.75) is 12.7 Å².